The second-order valence-corrected chi connectivity index (χ2v) is 5.16. The number of nitrogens with zero attached hydrogens (tertiary/aromatic N) is 2. The zero-order valence-corrected chi connectivity index (χ0v) is 12.3. The van der Waals surface area contributed by atoms with Crippen LogP contribution in [0.25, 0.3) is 0 Å². The van der Waals surface area contributed by atoms with Crippen LogP contribution in [0.1, 0.15) is 12.5 Å². The van der Waals surface area contributed by atoms with Gasteiger partial charge >= 0.3 is 0 Å². The lowest BCUT2D eigenvalue weighted by molar-refractivity contribution is -0.130. The first-order valence-corrected chi connectivity index (χ1v) is 7.00. The van der Waals surface area contributed by atoms with E-state index in [4.69, 9.17) is 12.2 Å². The van der Waals surface area contributed by atoms with Gasteiger partial charge in [0.25, 0.3) is 0 Å². The summed E-state index contributed by atoms with van der Waals surface area (Å²) >= 11 is 5.34. The number of carbonyl (C=O) groups excluding carboxylic acids is 1. The minimum atomic E-state index is -0.239. The van der Waals surface area contributed by atoms with Crippen LogP contribution in [0.3, 0.4) is 0 Å². The average Bonchev–Trinajstić information content (AvgIpc) is 2.46. The van der Waals surface area contributed by atoms with Crippen LogP contribution in [0.15, 0.2) is 24.3 Å². The summed E-state index contributed by atoms with van der Waals surface area (Å²) in [6.45, 7) is 5.05. The lowest BCUT2D eigenvalue weighted by Gasteiger charge is -2.35. The quantitative estimate of drug-likeness (QED) is 0.836. The van der Waals surface area contributed by atoms with E-state index in [0.717, 1.165) is 18.7 Å². The van der Waals surface area contributed by atoms with Crippen LogP contribution in [0.5, 0.6) is 0 Å². The Labute approximate surface area is 123 Å². The third-order valence-electron chi connectivity index (χ3n) is 3.37. The first-order chi connectivity index (χ1) is 9.56. The van der Waals surface area contributed by atoms with Crippen LogP contribution in [-0.2, 0) is 11.3 Å². The molecule has 20 heavy (non-hydrogen) atoms. The molecule has 4 nitrogen and oxygen atoms in total. The highest BCUT2D eigenvalue weighted by Gasteiger charge is 2.19. The zero-order chi connectivity index (χ0) is 14.5. The predicted molar refractivity (Wildman–Crippen MR) is 79.7 cm³/mol. The Bertz CT molecular complexity index is 484. The van der Waals surface area contributed by atoms with E-state index in [2.05, 4.69) is 10.2 Å². The van der Waals surface area contributed by atoms with E-state index in [-0.39, 0.29) is 11.7 Å². The van der Waals surface area contributed by atoms with Crippen molar-refractivity contribution in [3.8, 4) is 0 Å². The Balaban J connectivity index is 1.78. The molecular formula is C14H18FN3OS. The van der Waals surface area contributed by atoms with Crippen molar-refractivity contribution in [1.82, 2.24) is 15.1 Å². The van der Waals surface area contributed by atoms with Crippen LogP contribution in [0.2, 0.25) is 0 Å². The van der Waals surface area contributed by atoms with E-state index in [1.165, 1.54) is 12.1 Å². The smallest absolute Gasteiger partial charge is 0.219 e. The molecule has 1 aromatic rings. The molecule has 1 aromatic carbocycles. The van der Waals surface area contributed by atoms with Crippen molar-refractivity contribution in [1.29, 1.82) is 0 Å². The van der Waals surface area contributed by atoms with Gasteiger partial charge in [0, 0.05) is 39.6 Å². The van der Waals surface area contributed by atoms with Crippen LogP contribution >= 0.6 is 12.2 Å². The molecule has 1 fully saturated rings. The summed E-state index contributed by atoms with van der Waals surface area (Å²) in [5, 5.41) is 3.84. The van der Waals surface area contributed by atoms with Crippen LogP contribution in [0, 0.1) is 5.82 Å². The summed E-state index contributed by atoms with van der Waals surface area (Å²) in [5.74, 6) is -0.133. The molecule has 0 aromatic heterocycles. The van der Waals surface area contributed by atoms with E-state index < -0.39 is 0 Å². The second kappa shape index (κ2) is 6.65. The number of nitrogens with one attached hydrogen (secondary N) is 1. The van der Waals surface area contributed by atoms with Crippen LogP contribution in [-0.4, -0.2) is 47.0 Å². The van der Waals surface area contributed by atoms with Gasteiger partial charge in [0.15, 0.2) is 5.11 Å². The molecular weight excluding hydrogens is 277 g/mol. The van der Waals surface area contributed by atoms with Crippen LogP contribution in [0.4, 0.5) is 4.39 Å². The molecule has 0 aliphatic carbocycles. The predicted octanol–water partition coefficient (Wildman–Crippen LogP) is 1.36. The lowest BCUT2D eigenvalue weighted by Crippen LogP contribution is -2.52. The Morgan fingerprint density at radius 1 is 1.20 bits per heavy atom. The first kappa shape index (κ1) is 14.7. The summed E-state index contributed by atoms with van der Waals surface area (Å²) in [6, 6.07) is 6.34. The summed E-state index contributed by atoms with van der Waals surface area (Å²) in [7, 11) is 0. The first-order valence-electron chi connectivity index (χ1n) is 6.59. The van der Waals surface area contributed by atoms with Crippen molar-refractivity contribution in [2.24, 2.45) is 0 Å². The van der Waals surface area contributed by atoms with Crippen molar-refractivity contribution >= 4 is 23.2 Å². The van der Waals surface area contributed by atoms with Gasteiger partial charge in [-0.25, -0.2) is 4.39 Å². The maximum Gasteiger partial charge on any atom is 0.219 e. The van der Waals surface area contributed by atoms with Gasteiger partial charge in [-0.3, -0.25) is 4.79 Å². The number of piperazine rings is 1. The molecule has 6 heteroatoms. The molecule has 0 atom stereocenters. The van der Waals surface area contributed by atoms with Gasteiger partial charge in [-0.05, 0) is 29.9 Å². The number of hydrogen-bond acceptors (Lipinski definition) is 2. The summed E-state index contributed by atoms with van der Waals surface area (Å²) in [5.41, 5.74) is 0.983. The number of thiocarbonyl (C=S) groups is 1. The van der Waals surface area contributed by atoms with Gasteiger partial charge in [0.05, 0.1) is 0 Å². The van der Waals surface area contributed by atoms with Gasteiger partial charge in [-0.2, -0.15) is 0 Å². The number of rotatable bonds is 2. The molecule has 1 amide bonds. The summed E-state index contributed by atoms with van der Waals surface area (Å²) < 4.78 is 12.8. The molecule has 1 N–H and O–H groups in total. The zero-order valence-electron chi connectivity index (χ0n) is 11.4. The molecule has 1 saturated heterocycles. The van der Waals surface area contributed by atoms with E-state index in [9.17, 15) is 9.18 Å². The van der Waals surface area contributed by atoms with E-state index in [1.54, 1.807) is 19.1 Å². The van der Waals surface area contributed by atoms with Crippen LogP contribution < -0.4 is 5.32 Å². The molecule has 0 bridgehead atoms. The fourth-order valence-corrected chi connectivity index (χ4v) is 2.37. The standard InChI is InChI=1S/C14H18FN3OS/c1-11(19)17-6-8-18(9-7-17)14(20)16-10-12-2-4-13(15)5-3-12/h2-5H,6-10H2,1H3,(H,16,20). The number of carbonyl (C=O) groups is 1. The number of amides is 1. The van der Waals surface area contributed by atoms with Crippen molar-refractivity contribution in [3.05, 3.63) is 35.6 Å². The van der Waals surface area contributed by atoms with Crippen molar-refractivity contribution < 1.29 is 9.18 Å². The van der Waals surface area contributed by atoms with E-state index in [1.807, 2.05) is 4.90 Å². The molecule has 108 valence electrons. The lowest BCUT2D eigenvalue weighted by atomic mass is 10.2. The highest BCUT2D eigenvalue weighted by molar-refractivity contribution is 7.80. The maximum absolute atomic E-state index is 12.8. The molecule has 2 rings (SSSR count). The molecule has 1 heterocycles. The van der Waals surface area contributed by atoms with Gasteiger partial charge in [0.2, 0.25) is 5.91 Å². The number of halogens is 1. The fourth-order valence-electron chi connectivity index (χ4n) is 2.12. The highest BCUT2D eigenvalue weighted by atomic mass is 32.1. The number of hydrogen-bond donors (Lipinski definition) is 1. The third-order valence-corrected chi connectivity index (χ3v) is 3.77. The fraction of sp³-hybridized carbons (Fsp3) is 0.429. The minimum absolute atomic E-state index is 0.106. The Morgan fingerprint density at radius 2 is 1.75 bits per heavy atom. The van der Waals surface area contributed by atoms with E-state index >= 15 is 0 Å². The molecule has 1 aliphatic heterocycles. The van der Waals surface area contributed by atoms with Gasteiger partial charge in [-0.15, -0.1) is 0 Å². The van der Waals surface area contributed by atoms with Crippen molar-refractivity contribution in [2.45, 2.75) is 13.5 Å². The second-order valence-electron chi connectivity index (χ2n) is 4.78. The largest absolute Gasteiger partial charge is 0.358 e. The normalized spacial score (nSPS) is 15.1. The van der Waals surface area contributed by atoms with E-state index in [0.29, 0.717) is 24.7 Å². The number of benzene rings is 1. The minimum Gasteiger partial charge on any atom is -0.358 e. The highest BCUT2D eigenvalue weighted by Crippen LogP contribution is 2.05. The monoisotopic (exact) mass is 295 g/mol. The summed E-state index contributed by atoms with van der Waals surface area (Å²) in [4.78, 5) is 15.1. The molecule has 0 spiro atoms. The Morgan fingerprint density at radius 3 is 2.30 bits per heavy atom. The Kier molecular flexibility index (Phi) is 4.89. The van der Waals surface area contributed by atoms with Gasteiger partial charge in [-0.1, -0.05) is 12.1 Å². The SMILES string of the molecule is CC(=O)N1CCN(C(=S)NCc2ccc(F)cc2)CC1. The van der Waals surface area contributed by atoms with Crippen molar-refractivity contribution in [3.63, 3.8) is 0 Å². The third kappa shape index (κ3) is 3.90. The van der Waals surface area contributed by atoms with Crippen molar-refractivity contribution in [2.75, 3.05) is 26.2 Å². The summed E-state index contributed by atoms with van der Waals surface area (Å²) in [6.07, 6.45) is 0. The topological polar surface area (TPSA) is 35.6 Å². The Hall–Kier alpha value is -1.69. The molecule has 0 unspecified atom stereocenters. The van der Waals surface area contributed by atoms with Gasteiger partial charge in [0.1, 0.15) is 5.82 Å². The molecule has 0 saturated carbocycles. The maximum atomic E-state index is 12.8. The molecule has 0 radical (unpaired) electrons. The molecule has 1 aliphatic rings. The van der Waals surface area contributed by atoms with Gasteiger partial charge < -0.3 is 15.1 Å². The average molecular weight is 295 g/mol.